The second kappa shape index (κ2) is 4.86. The Hall–Kier alpha value is -2.04. The Morgan fingerprint density at radius 3 is 3.06 bits per heavy atom. The number of aromatic amines is 1. The van der Waals surface area contributed by atoms with Gasteiger partial charge >= 0.3 is 0 Å². The van der Waals surface area contributed by atoms with Crippen LogP contribution in [0.25, 0.3) is 11.0 Å². The van der Waals surface area contributed by atoms with Crippen molar-refractivity contribution in [2.24, 2.45) is 0 Å². The highest BCUT2D eigenvalue weighted by Gasteiger charge is 2.04. The molecule has 1 amide bonds. The van der Waals surface area contributed by atoms with E-state index in [0.717, 1.165) is 22.6 Å². The number of aromatic nitrogens is 2. The third-order valence-corrected chi connectivity index (χ3v) is 2.47. The van der Waals surface area contributed by atoms with Gasteiger partial charge in [0.15, 0.2) is 0 Å². The highest BCUT2D eigenvalue weighted by molar-refractivity contribution is 5.76. The lowest BCUT2D eigenvalue weighted by Crippen LogP contribution is -2.22. The Bertz CT molecular complexity index is 534. The number of nitrogens with zero attached hydrogens (tertiary/aromatic N) is 1. The van der Waals surface area contributed by atoms with Gasteiger partial charge in [-0.05, 0) is 12.1 Å². The second-order valence-corrected chi connectivity index (χ2v) is 3.80. The first-order chi connectivity index (χ1) is 8.19. The molecule has 17 heavy (non-hydrogen) atoms. The Kier molecular flexibility index (Phi) is 3.27. The lowest BCUT2D eigenvalue weighted by molar-refractivity contribution is -0.118. The molecule has 0 saturated heterocycles. The molecule has 5 nitrogen and oxygen atoms in total. The molecule has 0 saturated carbocycles. The van der Waals surface area contributed by atoms with E-state index < -0.39 is 0 Å². The lowest BCUT2D eigenvalue weighted by Gasteiger charge is -1.98. The first-order valence-corrected chi connectivity index (χ1v) is 5.46. The molecule has 1 aromatic carbocycles. The summed E-state index contributed by atoms with van der Waals surface area (Å²) >= 11 is 0. The SMILES string of the molecule is COc1ccc2nc(CCNC(C)=O)[nH]c2c1. The van der Waals surface area contributed by atoms with Gasteiger partial charge in [-0.25, -0.2) is 4.98 Å². The van der Waals surface area contributed by atoms with Gasteiger partial charge in [-0.3, -0.25) is 4.79 Å². The summed E-state index contributed by atoms with van der Waals surface area (Å²) in [6.07, 6.45) is 0.691. The summed E-state index contributed by atoms with van der Waals surface area (Å²) in [6.45, 7) is 2.09. The standard InChI is InChI=1S/C12H15N3O2/c1-8(16)13-6-5-12-14-10-4-3-9(17-2)7-11(10)15-12/h3-4,7H,5-6H2,1-2H3,(H,13,16)(H,14,15). The van der Waals surface area contributed by atoms with Crippen molar-refractivity contribution < 1.29 is 9.53 Å². The van der Waals surface area contributed by atoms with Gasteiger partial charge in [0.1, 0.15) is 11.6 Å². The quantitative estimate of drug-likeness (QED) is 0.835. The fourth-order valence-corrected chi connectivity index (χ4v) is 1.64. The third-order valence-electron chi connectivity index (χ3n) is 2.47. The van der Waals surface area contributed by atoms with Crippen molar-refractivity contribution in [3.63, 3.8) is 0 Å². The predicted molar refractivity (Wildman–Crippen MR) is 65.0 cm³/mol. The molecular formula is C12H15N3O2. The first kappa shape index (κ1) is 11.4. The zero-order chi connectivity index (χ0) is 12.3. The van der Waals surface area contributed by atoms with E-state index in [1.165, 1.54) is 6.92 Å². The topological polar surface area (TPSA) is 67.0 Å². The number of imidazole rings is 1. The number of carbonyl (C=O) groups is 1. The van der Waals surface area contributed by atoms with Gasteiger partial charge in [0.2, 0.25) is 5.91 Å². The summed E-state index contributed by atoms with van der Waals surface area (Å²) in [6, 6.07) is 5.69. The third kappa shape index (κ3) is 2.75. The van der Waals surface area contributed by atoms with Gasteiger partial charge in [-0.2, -0.15) is 0 Å². The Labute approximate surface area is 99.2 Å². The van der Waals surface area contributed by atoms with Gasteiger partial charge in [0, 0.05) is 26.0 Å². The van der Waals surface area contributed by atoms with Crippen LogP contribution < -0.4 is 10.1 Å². The van der Waals surface area contributed by atoms with Crippen LogP contribution in [0.5, 0.6) is 5.75 Å². The number of benzene rings is 1. The van der Waals surface area contributed by atoms with Crippen LogP contribution in [-0.4, -0.2) is 29.5 Å². The first-order valence-electron chi connectivity index (χ1n) is 5.46. The van der Waals surface area contributed by atoms with Gasteiger partial charge in [-0.15, -0.1) is 0 Å². The van der Waals surface area contributed by atoms with Crippen LogP contribution in [0.3, 0.4) is 0 Å². The van der Waals surface area contributed by atoms with Crippen molar-refractivity contribution in [2.75, 3.05) is 13.7 Å². The molecule has 0 unspecified atom stereocenters. The Morgan fingerprint density at radius 1 is 1.53 bits per heavy atom. The minimum Gasteiger partial charge on any atom is -0.497 e. The van der Waals surface area contributed by atoms with Crippen molar-refractivity contribution in [1.29, 1.82) is 0 Å². The number of amides is 1. The number of nitrogens with one attached hydrogen (secondary N) is 2. The van der Waals surface area contributed by atoms with Crippen LogP contribution >= 0.6 is 0 Å². The van der Waals surface area contributed by atoms with Gasteiger partial charge in [-0.1, -0.05) is 0 Å². The average Bonchev–Trinajstić information content (AvgIpc) is 2.69. The number of fused-ring (bicyclic) bond motifs is 1. The molecule has 0 aliphatic rings. The van der Waals surface area contributed by atoms with Crippen molar-refractivity contribution in [3.8, 4) is 5.75 Å². The average molecular weight is 233 g/mol. The van der Waals surface area contributed by atoms with Gasteiger partial charge < -0.3 is 15.0 Å². The van der Waals surface area contributed by atoms with Gasteiger partial charge in [0.05, 0.1) is 18.1 Å². The summed E-state index contributed by atoms with van der Waals surface area (Å²) < 4.78 is 5.14. The van der Waals surface area contributed by atoms with E-state index in [9.17, 15) is 4.79 Å². The molecule has 0 spiro atoms. The summed E-state index contributed by atoms with van der Waals surface area (Å²) in [7, 11) is 1.63. The summed E-state index contributed by atoms with van der Waals surface area (Å²) in [5.74, 6) is 1.64. The lowest BCUT2D eigenvalue weighted by atomic mass is 10.3. The maximum atomic E-state index is 10.7. The number of H-pyrrole nitrogens is 1. The number of ether oxygens (including phenoxy) is 1. The van der Waals surface area contributed by atoms with E-state index in [1.807, 2.05) is 18.2 Å². The molecule has 1 aromatic heterocycles. The maximum Gasteiger partial charge on any atom is 0.216 e. The fraction of sp³-hybridized carbons (Fsp3) is 0.333. The molecule has 0 fully saturated rings. The molecule has 5 heteroatoms. The molecule has 2 N–H and O–H groups in total. The number of rotatable bonds is 4. The molecule has 0 radical (unpaired) electrons. The minimum atomic E-state index is -0.0252. The summed E-state index contributed by atoms with van der Waals surface area (Å²) in [5.41, 5.74) is 1.85. The summed E-state index contributed by atoms with van der Waals surface area (Å²) in [4.78, 5) is 18.4. The van der Waals surface area contributed by atoms with Crippen molar-refractivity contribution in [3.05, 3.63) is 24.0 Å². The molecule has 0 atom stereocenters. The highest BCUT2D eigenvalue weighted by Crippen LogP contribution is 2.18. The van der Waals surface area contributed by atoms with Crippen molar-refractivity contribution in [1.82, 2.24) is 15.3 Å². The van der Waals surface area contributed by atoms with Gasteiger partial charge in [0.25, 0.3) is 0 Å². The molecule has 90 valence electrons. The smallest absolute Gasteiger partial charge is 0.216 e. The maximum absolute atomic E-state index is 10.7. The van der Waals surface area contributed by atoms with E-state index >= 15 is 0 Å². The summed E-state index contributed by atoms with van der Waals surface area (Å²) in [5, 5.41) is 2.74. The van der Waals surface area contributed by atoms with Crippen LogP contribution in [0.2, 0.25) is 0 Å². The normalized spacial score (nSPS) is 10.5. The van der Waals surface area contributed by atoms with E-state index in [-0.39, 0.29) is 5.91 Å². The highest BCUT2D eigenvalue weighted by atomic mass is 16.5. The van der Waals surface area contributed by atoms with Crippen LogP contribution in [0.4, 0.5) is 0 Å². The Morgan fingerprint density at radius 2 is 2.35 bits per heavy atom. The van der Waals surface area contributed by atoms with Crippen LogP contribution in [0, 0.1) is 0 Å². The molecular weight excluding hydrogens is 218 g/mol. The molecule has 2 rings (SSSR count). The zero-order valence-electron chi connectivity index (χ0n) is 9.91. The van der Waals surface area contributed by atoms with Crippen LogP contribution in [-0.2, 0) is 11.2 Å². The zero-order valence-corrected chi connectivity index (χ0v) is 9.91. The largest absolute Gasteiger partial charge is 0.497 e. The predicted octanol–water partition coefficient (Wildman–Crippen LogP) is 1.25. The van der Waals surface area contributed by atoms with E-state index in [1.54, 1.807) is 7.11 Å². The van der Waals surface area contributed by atoms with Crippen LogP contribution in [0.1, 0.15) is 12.7 Å². The molecule has 0 bridgehead atoms. The van der Waals surface area contributed by atoms with Crippen molar-refractivity contribution in [2.45, 2.75) is 13.3 Å². The Balaban J connectivity index is 2.11. The van der Waals surface area contributed by atoms with E-state index in [2.05, 4.69) is 15.3 Å². The van der Waals surface area contributed by atoms with Crippen molar-refractivity contribution >= 4 is 16.9 Å². The molecule has 0 aliphatic carbocycles. The van der Waals surface area contributed by atoms with Crippen LogP contribution in [0.15, 0.2) is 18.2 Å². The van der Waals surface area contributed by atoms with E-state index in [4.69, 9.17) is 4.74 Å². The molecule has 1 heterocycles. The minimum absolute atomic E-state index is 0.0252. The number of methoxy groups -OCH3 is 1. The number of carbonyl (C=O) groups excluding carboxylic acids is 1. The monoisotopic (exact) mass is 233 g/mol. The van der Waals surface area contributed by atoms with E-state index in [0.29, 0.717) is 13.0 Å². The number of hydrogen-bond acceptors (Lipinski definition) is 3. The molecule has 2 aromatic rings. The molecule has 0 aliphatic heterocycles. The fourth-order valence-electron chi connectivity index (χ4n) is 1.64. The number of hydrogen-bond donors (Lipinski definition) is 2. The second-order valence-electron chi connectivity index (χ2n) is 3.80.